The largest absolute Gasteiger partial charge is 0.477 e. The lowest BCUT2D eigenvalue weighted by atomic mass is 9.60. The van der Waals surface area contributed by atoms with Gasteiger partial charge in [0.2, 0.25) is 0 Å². The number of hydrogen-bond donors (Lipinski definition) is 1. The number of anilines is 3. The van der Waals surface area contributed by atoms with Crippen LogP contribution in [0.4, 0.5) is 17.1 Å². The van der Waals surface area contributed by atoms with Crippen LogP contribution in [0.15, 0.2) is 66.2 Å². The maximum Gasteiger partial charge on any atom is 0.346 e. The minimum atomic E-state index is -1.20. The molecule has 3 aromatic carbocycles. The summed E-state index contributed by atoms with van der Waals surface area (Å²) in [4.78, 5) is 18.5. The van der Waals surface area contributed by atoms with Gasteiger partial charge in [-0.2, -0.15) is 5.26 Å². The van der Waals surface area contributed by atoms with E-state index in [2.05, 4.69) is 109 Å². The zero-order valence-corrected chi connectivity index (χ0v) is 40.9. The predicted molar refractivity (Wildman–Crippen MR) is 269 cm³/mol. The van der Waals surface area contributed by atoms with E-state index in [0.717, 1.165) is 27.5 Å². The highest BCUT2D eigenvalue weighted by molar-refractivity contribution is 7.24. The molecule has 4 nitrogen and oxygen atoms in total. The van der Waals surface area contributed by atoms with Gasteiger partial charge in [-0.25, -0.2) is 4.79 Å². The van der Waals surface area contributed by atoms with E-state index in [0.29, 0.717) is 0 Å². The number of hydrogen-bond acceptors (Lipinski definition) is 5. The first kappa shape index (κ1) is 45.1. The summed E-state index contributed by atoms with van der Waals surface area (Å²) in [7, 11) is 0. The van der Waals surface area contributed by atoms with Crippen molar-refractivity contribution in [2.45, 2.75) is 174 Å². The second-order valence-corrected chi connectivity index (χ2v) is 22.5. The summed E-state index contributed by atoms with van der Waals surface area (Å²) in [6.07, 6.45) is 22.1. The average Bonchev–Trinajstić information content (AvgIpc) is 3.95. The molecule has 0 atom stereocenters. The SMILES string of the molecule is CCCCCCCCCc1cc2c3c(c1)C(C)(C)c1cc(-c4ccc(-c5ccc(/C=C(/C#N)C(=O)O)s5)s4)cc4c1N3c1c(cc(CCCCCCCCC)cc1C4(C)C)C2(C)C. The molecule has 3 aliphatic heterocycles. The van der Waals surface area contributed by atoms with E-state index in [9.17, 15) is 15.2 Å². The first-order chi connectivity index (χ1) is 30.2. The Kier molecular flexibility index (Phi) is 13.0. The zero-order chi connectivity index (χ0) is 44.7. The van der Waals surface area contributed by atoms with Crippen molar-refractivity contribution in [3.8, 4) is 26.3 Å². The molecule has 0 saturated heterocycles. The molecule has 0 fully saturated rings. The van der Waals surface area contributed by atoms with Crippen LogP contribution in [0.5, 0.6) is 0 Å². The topological polar surface area (TPSA) is 64.3 Å². The molecule has 63 heavy (non-hydrogen) atoms. The van der Waals surface area contributed by atoms with Crippen molar-refractivity contribution < 1.29 is 9.90 Å². The van der Waals surface area contributed by atoms with Gasteiger partial charge in [0.1, 0.15) is 11.6 Å². The molecule has 5 aromatic rings. The van der Waals surface area contributed by atoms with E-state index in [1.165, 1.54) is 179 Å². The lowest BCUT2D eigenvalue weighted by Gasteiger charge is -2.55. The molecule has 2 aromatic heterocycles. The summed E-state index contributed by atoms with van der Waals surface area (Å²) in [5.41, 5.74) is 16.2. The zero-order valence-electron chi connectivity index (χ0n) is 39.2. The van der Waals surface area contributed by atoms with Crippen molar-refractivity contribution in [1.82, 2.24) is 0 Å². The number of nitriles is 1. The number of benzene rings is 3. The Bertz CT molecular complexity index is 2480. The normalized spacial score (nSPS) is 15.9. The summed E-state index contributed by atoms with van der Waals surface area (Å²) in [6, 6.07) is 25.6. The van der Waals surface area contributed by atoms with E-state index in [4.69, 9.17) is 0 Å². The lowest BCUT2D eigenvalue weighted by Crippen LogP contribution is -2.44. The molecular formula is C57H68N2O2S2. The Hall–Kier alpha value is -4.44. The molecule has 0 amide bonds. The summed E-state index contributed by atoms with van der Waals surface area (Å²) in [6.45, 7) is 19.5. The Balaban J connectivity index is 1.24. The van der Waals surface area contributed by atoms with E-state index in [1.807, 2.05) is 18.2 Å². The maximum absolute atomic E-state index is 11.6. The first-order valence-corrected chi connectivity index (χ1v) is 25.8. The Morgan fingerprint density at radius 3 is 1.38 bits per heavy atom. The highest BCUT2D eigenvalue weighted by Gasteiger charge is 2.52. The minimum Gasteiger partial charge on any atom is -0.477 e. The predicted octanol–water partition coefficient (Wildman–Crippen LogP) is 17.1. The monoisotopic (exact) mass is 876 g/mol. The molecule has 5 heterocycles. The summed E-state index contributed by atoms with van der Waals surface area (Å²) >= 11 is 3.31. The van der Waals surface area contributed by atoms with Gasteiger partial charge in [0.25, 0.3) is 0 Å². The number of carboxylic acids is 1. The summed E-state index contributed by atoms with van der Waals surface area (Å²) in [5, 5.41) is 18.8. The Labute approximate surface area is 386 Å². The van der Waals surface area contributed by atoms with Gasteiger partial charge in [0.15, 0.2) is 0 Å². The standard InChI is InChI=1S/C57H68N2O2S2/c1-9-11-13-15-17-19-21-23-37-29-42-51-44(31-37)56(5,6)46-34-39(48-27-28-50(63-48)49-26-25-41(62-49)33-40(36-58)54(60)61)35-47-53(46)59(51)52-43(55(42,3)4)30-38(32-45(52)57(47,7)8)24-22-20-18-16-14-12-10-2/h25-35H,9-24H2,1-8H3,(H,60,61)/b40-33-. The summed E-state index contributed by atoms with van der Waals surface area (Å²) in [5.74, 6) is -1.20. The van der Waals surface area contributed by atoms with Gasteiger partial charge in [-0.15, -0.1) is 22.7 Å². The van der Waals surface area contributed by atoms with Gasteiger partial charge in [-0.1, -0.05) is 157 Å². The third-order valence-electron chi connectivity index (χ3n) is 14.7. The van der Waals surface area contributed by atoms with Gasteiger partial charge in [-0.3, -0.25) is 0 Å². The number of aryl methyl sites for hydroxylation is 2. The molecule has 8 rings (SSSR count). The molecule has 0 saturated carbocycles. The third kappa shape index (κ3) is 8.39. The third-order valence-corrected chi connectivity index (χ3v) is 17.1. The fourth-order valence-corrected chi connectivity index (χ4v) is 12.9. The molecule has 6 heteroatoms. The van der Waals surface area contributed by atoms with Crippen LogP contribution in [-0.4, -0.2) is 11.1 Å². The van der Waals surface area contributed by atoms with Gasteiger partial charge in [-0.05, 0) is 118 Å². The van der Waals surface area contributed by atoms with Gasteiger partial charge >= 0.3 is 5.97 Å². The minimum absolute atomic E-state index is 0.146. The van der Waals surface area contributed by atoms with Crippen LogP contribution in [-0.2, 0) is 33.9 Å². The van der Waals surface area contributed by atoms with Crippen molar-refractivity contribution in [1.29, 1.82) is 5.26 Å². The molecule has 0 unspecified atom stereocenters. The number of aliphatic carboxylic acids is 1. The van der Waals surface area contributed by atoms with Gasteiger partial charge in [0, 0.05) is 35.8 Å². The van der Waals surface area contributed by atoms with Gasteiger partial charge in [0.05, 0.1) is 17.1 Å². The molecule has 3 aliphatic rings. The van der Waals surface area contributed by atoms with Crippen LogP contribution < -0.4 is 4.90 Å². The Morgan fingerprint density at radius 2 is 0.952 bits per heavy atom. The number of rotatable bonds is 20. The molecule has 0 spiro atoms. The number of nitrogens with zero attached hydrogens (tertiary/aromatic N) is 2. The second-order valence-electron chi connectivity index (χ2n) is 20.3. The number of carboxylic acid groups (broad SMARTS) is 1. The second kappa shape index (κ2) is 18.2. The fourth-order valence-electron chi connectivity index (χ4n) is 10.9. The average molecular weight is 877 g/mol. The molecule has 330 valence electrons. The van der Waals surface area contributed by atoms with Crippen molar-refractivity contribution in [2.24, 2.45) is 0 Å². The molecular weight excluding hydrogens is 809 g/mol. The number of unbranched alkanes of at least 4 members (excludes halogenated alkanes) is 12. The number of thiophene rings is 2. The molecule has 0 radical (unpaired) electrons. The van der Waals surface area contributed by atoms with Crippen LogP contribution in [0, 0.1) is 11.3 Å². The highest BCUT2D eigenvalue weighted by atomic mass is 32.1. The number of carbonyl (C=O) groups is 1. The fraction of sp³-hybridized carbons (Fsp3) is 0.474. The Morgan fingerprint density at radius 1 is 0.571 bits per heavy atom. The van der Waals surface area contributed by atoms with Crippen molar-refractivity contribution in [3.63, 3.8) is 0 Å². The lowest BCUT2D eigenvalue weighted by molar-refractivity contribution is -0.132. The molecule has 0 bridgehead atoms. The van der Waals surface area contributed by atoms with Crippen LogP contribution in [0.3, 0.4) is 0 Å². The van der Waals surface area contributed by atoms with Crippen molar-refractivity contribution in [3.05, 3.63) is 116 Å². The maximum atomic E-state index is 11.6. The quantitative estimate of drug-likeness (QED) is 0.0481. The van der Waals surface area contributed by atoms with E-state index < -0.39 is 5.97 Å². The van der Waals surface area contributed by atoms with E-state index in [1.54, 1.807) is 11.3 Å². The van der Waals surface area contributed by atoms with Crippen LogP contribution in [0.25, 0.3) is 26.3 Å². The van der Waals surface area contributed by atoms with E-state index >= 15 is 0 Å². The van der Waals surface area contributed by atoms with Gasteiger partial charge < -0.3 is 10.0 Å². The van der Waals surface area contributed by atoms with Crippen LogP contribution in [0.2, 0.25) is 0 Å². The van der Waals surface area contributed by atoms with E-state index in [-0.39, 0.29) is 21.8 Å². The van der Waals surface area contributed by atoms with Crippen LogP contribution >= 0.6 is 22.7 Å². The smallest absolute Gasteiger partial charge is 0.346 e. The van der Waals surface area contributed by atoms with Crippen LogP contribution in [0.1, 0.15) is 195 Å². The molecule has 1 N–H and O–H groups in total. The van der Waals surface area contributed by atoms with Crippen molar-refractivity contribution >= 4 is 51.8 Å². The highest BCUT2D eigenvalue weighted by Crippen LogP contribution is 2.67. The molecule has 0 aliphatic carbocycles. The van der Waals surface area contributed by atoms with Crippen molar-refractivity contribution in [2.75, 3.05) is 4.90 Å². The first-order valence-electron chi connectivity index (χ1n) is 24.1. The summed E-state index contributed by atoms with van der Waals surface area (Å²) < 4.78 is 0.